The van der Waals surface area contributed by atoms with E-state index >= 15 is 0 Å². The molecule has 0 amide bonds. The molecule has 0 bridgehead atoms. The number of rotatable bonds is 8. The van der Waals surface area contributed by atoms with E-state index in [1.165, 1.54) is 54.3 Å². The highest BCUT2D eigenvalue weighted by atomic mass is 79.9. The summed E-state index contributed by atoms with van der Waals surface area (Å²) in [6.07, 6.45) is 9.44. The molecule has 1 fully saturated rings. The molecule has 1 atom stereocenters. The van der Waals surface area contributed by atoms with Crippen LogP contribution in [0.3, 0.4) is 0 Å². The Hall–Kier alpha value is 0.140. The Kier molecular flexibility index (Phi) is 6.77. The fraction of sp³-hybridized carbons (Fsp3) is 0.778. The molecule has 1 aromatic heterocycles. The summed E-state index contributed by atoms with van der Waals surface area (Å²) in [7, 11) is 0. The first-order valence-corrected chi connectivity index (χ1v) is 10.2. The van der Waals surface area contributed by atoms with Crippen LogP contribution in [-0.4, -0.2) is 12.6 Å². The second-order valence-corrected chi connectivity index (χ2v) is 8.93. The lowest BCUT2D eigenvalue weighted by atomic mass is 9.71. The van der Waals surface area contributed by atoms with E-state index in [4.69, 9.17) is 0 Å². The number of halogens is 1. The maximum Gasteiger partial charge on any atom is 0.0314 e. The van der Waals surface area contributed by atoms with Gasteiger partial charge in [-0.05, 0) is 77.4 Å². The van der Waals surface area contributed by atoms with E-state index < -0.39 is 0 Å². The molecule has 2 rings (SSSR count). The Morgan fingerprint density at radius 2 is 2.05 bits per heavy atom. The van der Waals surface area contributed by atoms with Gasteiger partial charge in [-0.2, -0.15) is 0 Å². The maximum atomic E-state index is 3.91. The smallest absolute Gasteiger partial charge is 0.0314 e. The zero-order chi connectivity index (χ0) is 15.3. The average molecular weight is 372 g/mol. The van der Waals surface area contributed by atoms with Crippen molar-refractivity contribution in [1.82, 2.24) is 5.32 Å². The van der Waals surface area contributed by atoms with Crippen molar-refractivity contribution in [2.75, 3.05) is 6.54 Å². The molecule has 0 aliphatic heterocycles. The summed E-state index contributed by atoms with van der Waals surface area (Å²) in [5.74, 6) is 0.792. The van der Waals surface area contributed by atoms with Crippen molar-refractivity contribution >= 4 is 27.3 Å². The van der Waals surface area contributed by atoms with Gasteiger partial charge < -0.3 is 5.32 Å². The molecule has 0 spiro atoms. The molecule has 1 heterocycles. The van der Waals surface area contributed by atoms with Crippen LogP contribution in [0.2, 0.25) is 0 Å². The van der Waals surface area contributed by atoms with Gasteiger partial charge in [-0.1, -0.05) is 33.6 Å². The largest absolute Gasteiger partial charge is 0.313 e. The lowest BCUT2D eigenvalue weighted by Gasteiger charge is -2.40. The van der Waals surface area contributed by atoms with Crippen molar-refractivity contribution in [2.45, 2.75) is 71.8 Å². The first-order chi connectivity index (χ1) is 10.1. The molecule has 1 N–H and O–H groups in total. The van der Waals surface area contributed by atoms with Gasteiger partial charge in [-0.15, -0.1) is 11.3 Å². The number of thiophene rings is 1. The third-order valence-electron chi connectivity index (χ3n) is 4.87. The summed E-state index contributed by atoms with van der Waals surface area (Å²) < 4.78 is 1.30. The van der Waals surface area contributed by atoms with E-state index in [2.05, 4.69) is 53.5 Å². The number of nitrogens with one attached hydrogen (secondary N) is 1. The van der Waals surface area contributed by atoms with Crippen LogP contribution in [0.25, 0.3) is 0 Å². The van der Waals surface area contributed by atoms with Crippen molar-refractivity contribution in [2.24, 2.45) is 11.3 Å². The molecule has 0 saturated heterocycles. The van der Waals surface area contributed by atoms with Crippen molar-refractivity contribution in [1.29, 1.82) is 0 Å². The zero-order valence-corrected chi connectivity index (χ0v) is 16.2. The van der Waals surface area contributed by atoms with Crippen LogP contribution < -0.4 is 5.32 Å². The van der Waals surface area contributed by atoms with Crippen LogP contribution in [0.15, 0.2) is 15.9 Å². The molecule has 3 heteroatoms. The van der Waals surface area contributed by atoms with E-state index in [1.807, 2.05) is 11.3 Å². The van der Waals surface area contributed by atoms with Crippen molar-refractivity contribution in [3.05, 3.63) is 20.8 Å². The lowest BCUT2D eigenvalue weighted by molar-refractivity contribution is 0.154. The monoisotopic (exact) mass is 371 g/mol. The van der Waals surface area contributed by atoms with E-state index in [9.17, 15) is 0 Å². The summed E-state index contributed by atoms with van der Waals surface area (Å²) in [5.41, 5.74) is 0.521. The summed E-state index contributed by atoms with van der Waals surface area (Å²) in [5, 5.41) is 6.12. The molecule has 21 heavy (non-hydrogen) atoms. The topological polar surface area (TPSA) is 12.0 Å². The Morgan fingerprint density at radius 1 is 1.33 bits per heavy atom. The van der Waals surface area contributed by atoms with Crippen molar-refractivity contribution in [3.63, 3.8) is 0 Å². The fourth-order valence-electron chi connectivity index (χ4n) is 4.07. The van der Waals surface area contributed by atoms with Crippen LogP contribution >= 0.6 is 27.3 Å². The van der Waals surface area contributed by atoms with Gasteiger partial charge in [0.2, 0.25) is 0 Å². The Labute approximate surface area is 143 Å². The van der Waals surface area contributed by atoms with Gasteiger partial charge in [0.15, 0.2) is 0 Å². The van der Waals surface area contributed by atoms with E-state index in [0.29, 0.717) is 11.5 Å². The van der Waals surface area contributed by atoms with Crippen LogP contribution in [0.1, 0.15) is 64.2 Å². The minimum Gasteiger partial charge on any atom is -0.313 e. The quantitative estimate of drug-likeness (QED) is 0.588. The van der Waals surface area contributed by atoms with Crippen molar-refractivity contribution in [3.8, 4) is 0 Å². The van der Waals surface area contributed by atoms with Crippen LogP contribution in [0, 0.1) is 11.3 Å². The Morgan fingerprint density at radius 3 is 2.57 bits per heavy atom. The average Bonchev–Trinajstić information content (AvgIpc) is 3.04. The predicted octanol–water partition coefficient (Wildman–Crippen LogP) is 6.03. The van der Waals surface area contributed by atoms with Gasteiger partial charge in [0, 0.05) is 15.4 Å². The normalized spacial score (nSPS) is 19.3. The summed E-state index contributed by atoms with van der Waals surface area (Å²) in [4.78, 5) is 1.51. The van der Waals surface area contributed by atoms with Gasteiger partial charge in [0.25, 0.3) is 0 Å². The third kappa shape index (κ3) is 4.56. The maximum absolute atomic E-state index is 3.91. The molecule has 0 aromatic carbocycles. The zero-order valence-electron chi connectivity index (χ0n) is 13.8. The summed E-state index contributed by atoms with van der Waals surface area (Å²) in [6.45, 7) is 8.19. The molecular formula is C18H30BrNS. The van der Waals surface area contributed by atoms with Gasteiger partial charge in [0.1, 0.15) is 0 Å². The molecule has 1 aliphatic rings. The minimum absolute atomic E-state index is 0.521. The van der Waals surface area contributed by atoms with E-state index in [-0.39, 0.29) is 0 Å². The number of hydrogen-bond acceptors (Lipinski definition) is 2. The highest BCUT2D eigenvalue weighted by Gasteiger charge is 2.41. The molecule has 1 saturated carbocycles. The number of hydrogen-bond donors (Lipinski definition) is 1. The molecule has 120 valence electrons. The molecule has 1 aliphatic carbocycles. The van der Waals surface area contributed by atoms with Gasteiger partial charge in [0.05, 0.1) is 0 Å². The summed E-state index contributed by atoms with van der Waals surface area (Å²) >= 11 is 5.62. The van der Waals surface area contributed by atoms with Crippen LogP contribution in [0.5, 0.6) is 0 Å². The predicted molar refractivity (Wildman–Crippen MR) is 98.2 cm³/mol. The van der Waals surface area contributed by atoms with Gasteiger partial charge in [-0.25, -0.2) is 0 Å². The molecule has 1 unspecified atom stereocenters. The first-order valence-electron chi connectivity index (χ1n) is 8.52. The van der Waals surface area contributed by atoms with E-state index in [1.54, 1.807) is 0 Å². The second-order valence-electron chi connectivity index (χ2n) is 7.07. The SMILES string of the molecule is CCCNC(Cc1sccc1Br)C1(CC(C)C)CCCC1. The van der Waals surface area contributed by atoms with Crippen molar-refractivity contribution < 1.29 is 0 Å². The molecule has 0 radical (unpaired) electrons. The third-order valence-corrected chi connectivity index (χ3v) is 6.82. The van der Waals surface area contributed by atoms with Crippen LogP contribution in [0.4, 0.5) is 0 Å². The Balaban J connectivity index is 2.17. The highest BCUT2D eigenvalue weighted by molar-refractivity contribution is 9.10. The van der Waals surface area contributed by atoms with Crippen LogP contribution in [-0.2, 0) is 6.42 Å². The Bertz CT molecular complexity index is 421. The van der Waals surface area contributed by atoms with E-state index in [0.717, 1.165) is 12.5 Å². The highest BCUT2D eigenvalue weighted by Crippen LogP contribution is 2.47. The molecule has 1 aromatic rings. The standard InChI is InChI=1S/C18H30BrNS/c1-4-10-20-17(12-16-15(19)7-11-21-16)18(13-14(2)3)8-5-6-9-18/h7,11,14,17,20H,4-6,8-10,12-13H2,1-3H3. The van der Waals surface area contributed by atoms with Gasteiger partial charge >= 0.3 is 0 Å². The second kappa shape index (κ2) is 8.12. The molecular weight excluding hydrogens is 342 g/mol. The first kappa shape index (κ1) is 17.5. The fourth-order valence-corrected chi connectivity index (χ4v) is 5.63. The lowest BCUT2D eigenvalue weighted by Crippen LogP contribution is -2.46. The van der Waals surface area contributed by atoms with Gasteiger partial charge in [-0.3, -0.25) is 0 Å². The molecule has 1 nitrogen and oxygen atoms in total. The minimum atomic E-state index is 0.521. The summed E-state index contributed by atoms with van der Waals surface area (Å²) in [6, 6.07) is 2.83.